The van der Waals surface area contributed by atoms with Gasteiger partial charge in [-0.3, -0.25) is 4.99 Å². The first-order valence-electron chi connectivity index (χ1n) is 10.7. The molecular weight excluding hydrogens is 499 g/mol. The van der Waals surface area contributed by atoms with E-state index >= 15 is 0 Å². The zero-order chi connectivity index (χ0) is 20.8. The molecule has 1 aliphatic heterocycles. The van der Waals surface area contributed by atoms with Crippen LogP contribution < -0.4 is 5.32 Å². The third-order valence-electron chi connectivity index (χ3n) is 5.70. The second-order valence-corrected chi connectivity index (χ2v) is 8.04. The molecule has 2 heterocycles. The molecule has 1 fully saturated rings. The standard InChI is InChI=1S/C24H30N6.HI/c1-19-6-5-13-29(15-19)24(25-2)27-14-22-7-3-4-8-23(22)21-11-9-20(10-12-21)16-30-18-26-17-28-30;/h3-4,7-12,17-19H,5-6,13-16H2,1-2H3,(H,25,27);1H. The van der Waals surface area contributed by atoms with Crippen molar-refractivity contribution in [3.8, 4) is 11.1 Å². The summed E-state index contributed by atoms with van der Waals surface area (Å²) in [4.78, 5) is 10.9. The molecule has 31 heavy (non-hydrogen) atoms. The number of benzene rings is 2. The molecule has 0 bridgehead atoms. The topological polar surface area (TPSA) is 58.3 Å². The minimum atomic E-state index is 0. The lowest BCUT2D eigenvalue weighted by molar-refractivity contribution is 0.266. The van der Waals surface area contributed by atoms with Gasteiger partial charge in [0.1, 0.15) is 12.7 Å². The molecule has 7 heteroatoms. The molecule has 0 radical (unpaired) electrons. The van der Waals surface area contributed by atoms with E-state index in [4.69, 9.17) is 0 Å². The van der Waals surface area contributed by atoms with Crippen molar-refractivity contribution in [3.63, 3.8) is 0 Å². The molecule has 1 unspecified atom stereocenters. The van der Waals surface area contributed by atoms with E-state index in [1.807, 2.05) is 11.7 Å². The Morgan fingerprint density at radius 1 is 1.16 bits per heavy atom. The molecule has 0 amide bonds. The minimum Gasteiger partial charge on any atom is -0.352 e. The monoisotopic (exact) mass is 530 g/mol. The van der Waals surface area contributed by atoms with Crippen molar-refractivity contribution in [3.05, 3.63) is 72.3 Å². The average Bonchev–Trinajstić information content (AvgIpc) is 3.28. The van der Waals surface area contributed by atoms with Gasteiger partial charge in [-0.05, 0) is 41.0 Å². The molecule has 0 saturated carbocycles. The van der Waals surface area contributed by atoms with Gasteiger partial charge in [-0.25, -0.2) is 9.67 Å². The van der Waals surface area contributed by atoms with Crippen LogP contribution in [0.25, 0.3) is 11.1 Å². The van der Waals surface area contributed by atoms with Gasteiger partial charge in [0.05, 0.1) is 6.54 Å². The fraction of sp³-hybridized carbons (Fsp3) is 0.375. The van der Waals surface area contributed by atoms with Crippen LogP contribution in [0.4, 0.5) is 0 Å². The highest BCUT2D eigenvalue weighted by atomic mass is 127. The van der Waals surface area contributed by atoms with Gasteiger partial charge in [0.25, 0.3) is 0 Å². The van der Waals surface area contributed by atoms with E-state index in [0.717, 1.165) is 38.1 Å². The summed E-state index contributed by atoms with van der Waals surface area (Å²) in [5.74, 6) is 1.72. The van der Waals surface area contributed by atoms with Gasteiger partial charge in [-0.1, -0.05) is 55.5 Å². The highest BCUT2D eigenvalue weighted by Gasteiger charge is 2.19. The van der Waals surface area contributed by atoms with E-state index in [1.165, 1.54) is 35.1 Å². The molecule has 1 aliphatic rings. The third kappa shape index (κ3) is 6.06. The number of aliphatic imine (C=N–C) groups is 1. The molecular formula is C24H31IN6. The van der Waals surface area contributed by atoms with Gasteiger partial charge in [0, 0.05) is 26.7 Å². The van der Waals surface area contributed by atoms with Gasteiger partial charge >= 0.3 is 0 Å². The van der Waals surface area contributed by atoms with Crippen molar-refractivity contribution in [2.75, 3.05) is 20.1 Å². The lowest BCUT2D eigenvalue weighted by Gasteiger charge is -2.33. The number of halogens is 1. The largest absolute Gasteiger partial charge is 0.352 e. The molecule has 0 aliphatic carbocycles. The van der Waals surface area contributed by atoms with Crippen molar-refractivity contribution < 1.29 is 0 Å². The molecule has 1 saturated heterocycles. The minimum absolute atomic E-state index is 0. The van der Waals surface area contributed by atoms with Crippen LogP contribution in [0.15, 0.2) is 66.2 Å². The number of hydrogen-bond donors (Lipinski definition) is 1. The van der Waals surface area contributed by atoms with Gasteiger partial charge in [0.15, 0.2) is 5.96 Å². The van der Waals surface area contributed by atoms with Crippen LogP contribution >= 0.6 is 24.0 Å². The number of guanidine groups is 1. The Morgan fingerprint density at radius 2 is 1.97 bits per heavy atom. The summed E-state index contributed by atoms with van der Waals surface area (Å²) in [6, 6.07) is 17.3. The first-order valence-corrected chi connectivity index (χ1v) is 10.7. The Hall–Kier alpha value is -2.42. The van der Waals surface area contributed by atoms with Crippen LogP contribution in [0, 0.1) is 5.92 Å². The summed E-state index contributed by atoms with van der Waals surface area (Å²) < 4.78 is 1.83. The quantitative estimate of drug-likeness (QED) is 0.302. The van der Waals surface area contributed by atoms with Crippen LogP contribution in [0.5, 0.6) is 0 Å². The Balaban J connectivity index is 0.00000272. The van der Waals surface area contributed by atoms with Crippen molar-refractivity contribution in [2.24, 2.45) is 10.9 Å². The maximum absolute atomic E-state index is 4.53. The summed E-state index contributed by atoms with van der Waals surface area (Å²) in [6.45, 7) is 5.97. The smallest absolute Gasteiger partial charge is 0.193 e. The van der Waals surface area contributed by atoms with Gasteiger partial charge in [0.2, 0.25) is 0 Å². The summed E-state index contributed by atoms with van der Waals surface area (Å²) >= 11 is 0. The Kier molecular flexibility index (Phi) is 8.45. The molecule has 1 N–H and O–H groups in total. The number of rotatable bonds is 5. The molecule has 0 spiro atoms. The number of likely N-dealkylation sites (tertiary alicyclic amines) is 1. The van der Waals surface area contributed by atoms with Gasteiger partial charge in [-0.2, -0.15) is 5.10 Å². The zero-order valence-electron chi connectivity index (χ0n) is 18.2. The van der Waals surface area contributed by atoms with Crippen LogP contribution in [0.1, 0.15) is 30.9 Å². The van der Waals surface area contributed by atoms with Gasteiger partial charge < -0.3 is 10.2 Å². The fourth-order valence-corrected chi connectivity index (χ4v) is 4.14. The summed E-state index contributed by atoms with van der Waals surface area (Å²) in [5.41, 5.74) is 4.95. The summed E-state index contributed by atoms with van der Waals surface area (Å²) in [6.07, 6.45) is 5.85. The van der Waals surface area contributed by atoms with Crippen LogP contribution in [-0.4, -0.2) is 45.8 Å². The average molecular weight is 530 g/mol. The third-order valence-corrected chi connectivity index (χ3v) is 5.70. The first kappa shape index (κ1) is 23.2. The van der Waals surface area contributed by atoms with E-state index in [-0.39, 0.29) is 24.0 Å². The Morgan fingerprint density at radius 3 is 2.68 bits per heavy atom. The molecule has 1 aromatic heterocycles. The van der Waals surface area contributed by atoms with E-state index in [0.29, 0.717) is 0 Å². The molecule has 1 atom stereocenters. The van der Waals surface area contributed by atoms with Crippen molar-refractivity contribution in [2.45, 2.75) is 32.9 Å². The number of nitrogens with zero attached hydrogens (tertiary/aromatic N) is 5. The SMILES string of the molecule is CN=C(NCc1ccccc1-c1ccc(Cn2cncn2)cc1)N1CCCC(C)C1.I. The normalized spacial score (nSPS) is 16.6. The van der Waals surface area contributed by atoms with Crippen molar-refractivity contribution in [1.29, 1.82) is 0 Å². The molecule has 2 aromatic carbocycles. The Labute approximate surface area is 201 Å². The lowest BCUT2D eigenvalue weighted by atomic mass is 9.98. The molecule has 164 valence electrons. The number of aromatic nitrogens is 3. The highest BCUT2D eigenvalue weighted by Crippen LogP contribution is 2.24. The number of nitrogens with one attached hydrogen (secondary N) is 1. The van der Waals surface area contributed by atoms with Crippen LogP contribution in [0.3, 0.4) is 0 Å². The van der Waals surface area contributed by atoms with E-state index in [9.17, 15) is 0 Å². The first-order chi connectivity index (χ1) is 14.7. The fourth-order valence-electron chi connectivity index (χ4n) is 4.14. The summed E-state index contributed by atoms with van der Waals surface area (Å²) in [5, 5.41) is 7.76. The van der Waals surface area contributed by atoms with Gasteiger partial charge in [-0.15, -0.1) is 24.0 Å². The number of hydrogen-bond acceptors (Lipinski definition) is 3. The number of piperidine rings is 1. The van der Waals surface area contributed by atoms with Crippen LogP contribution in [-0.2, 0) is 13.1 Å². The highest BCUT2D eigenvalue weighted by molar-refractivity contribution is 14.0. The second-order valence-electron chi connectivity index (χ2n) is 8.04. The summed E-state index contributed by atoms with van der Waals surface area (Å²) in [7, 11) is 1.88. The molecule has 3 aromatic rings. The van der Waals surface area contributed by atoms with E-state index in [2.05, 4.69) is 80.7 Å². The van der Waals surface area contributed by atoms with E-state index in [1.54, 1.807) is 12.7 Å². The van der Waals surface area contributed by atoms with Crippen molar-refractivity contribution in [1.82, 2.24) is 25.0 Å². The lowest BCUT2D eigenvalue weighted by Crippen LogP contribution is -2.45. The molecule has 4 rings (SSSR count). The Bertz CT molecular complexity index is 968. The maximum Gasteiger partial charge on any atom is 0.193 e. The molecule has 6 nitrogen and oxygen atoms in total. The predicted octanol–water partition coefficient (Wildman–Crippen LogP) is 4.42. The zero-order valence-corrected chi connectivity index (χ0v) is 20.6. The predicted molar refractivity (Wildman–Crippen MR) is 137 cm³/mol. The maximum atomic E-state index is 4.53. The van der Waals surface area contributed by atoms with Crippen molar-refractivity contribution >= 4 is 29.9 Å². The van der Waals surface area contributed by atoms with E-state index < -0.39 is 0 Å². The van der Waals surface area contributed by atoms with Crippen LogP contribution in [0.2, 0.25) is 0 Å². The second kappa shape index (κ2) is 11.3.